The van der Waals surface area contributed by atoms with E-state index in [-0.39, 0.29) is 11.5 Å². The van der Waals surface area contributed by atoms with Crippen molar-refractivity contribution in [3.63, 3.8) is 0 Å². The maximum absolute atomic E-state index is 12.7. The lowest BCUT2D eigenvalue weighted by Gasteiger charge is -2.21. The van der Waals surface area contributed by atoms with Gasteiger partial charge in [0, 0.05) is 12.3 Å². The van der Waals surface area contributed by atoms with E-state index in [1.54, 1.807) is 21.9 Å². The summed E-state index contributed by atoms with van der Waals surface area (Å²) in [5.41, 5.74) is 3.20. The number of hydrogen-bond acceptors (Lipinski definition) is 5. The Bertz CT molecular complexity index is 1240. The number of carbonyl (C=O) groups excluding carboxylic acids is 1. The summed E-state index contributed by atoms with van der Waals surface area (Å²) in [6.45, 7) is 3.89. The van der Waals surface area contributed by atoms with Gasteiger partial charge >= 0.3 is 0 Å². The fourth-order valence-corrected chi connectivity index (χ4v) is 4.17. The number of hydrogen-bond donors (Lipinski definition) is 0. The first-order valence-corrected chi connectivity index (χ1v) is 10.2. The summed E-state index contributed by atoms with van der Waals surface area (Å²) in [6, 6.07) is 15.1. The number of thiazole rings is 1. The summed E-state index contributed by atoms with van der Waals surface area (Å²) in [4.78, 5) is 35.8. The molecule has 29 heavy (non-hydrogen) atoms. The summed E-state index contributed by atoms with van der Waals surface area (Å²) in [7, 11) is 0. The highest BCUT2D eigenvalue weighted by atomic mass is 32.1. The van der Waals surface area contributed by atoms with Gasteiger partial charge in [-0.25, -0.2) is 9.97 Å². The molecule has 0 fully saturated rings. The third-order valence-corrected chi connectivity index (χ3v) is 5.60. The molecule has 7 heteroatoms. The summed E-state index contributed by atoms with van der Waals surface area (Å²) in [5, 5.41) is 3.05. The number of aromatic nitrogens is 3. The summed E-state index contributed by atoms with van der Waals surface area (Å²) >= 11 is 1.39. The van der Waals surface area contributed by atoms with E-state index in [2.05, 4.69) is 16.9 Å². The van der Waals surface area contributed by atoms with Crippen LogP contribution in [0.15, 0.2) is 65.0 Å². The van der Waals surface area contributed by atoms with Crippen LogP contribution >= 0.6 is 11.3 Å². The number of aryl methyl sites for hydroxylation is 1. The first kappa shape index (κ1) is 19.0. The number of nitrogens with zero attached hydrogens (tertiary/aromatic N) is 4. The van der Waals surface area contributed by atoms with Gasteiger partial charge in [0.25, 0.3) is 5.56 Å². The molecule has 0 saturated heterocycles. The highest BCUT2D eigenvalue weighted by Gasteiger charge is 2.20. The third kappa shape index (κ3) is 3.69. The van der Waals surface area contributed by atoms with Crippen molar-refractivity contribution in [1.82, 2.24) is 14.5 Å². The number of fused-ring (bicyclic) bond motifs is 1. The summed E-state index contributed by atoms with van der Waals surface area (Å²) < 4.78 is 1.54. The molecule has 1 amide bonds. The van der Waals surface area contributed by atoms with E-state index in [9.17, 15) is 9.59 Å². The van der Waals surface area contributed by atoms with Crippen LogP contribution < -0.4 is 10.5 Å². The van der Waals surface area contributed by atoms with E-state index in [0.717, 1.165) is 17.7 Å². The van der Waals surface area contributed by atoms with Crippen LogP contribution in [0.5, 0.6) is 0 Å². The molecule has 2 heterocycles. The van der Waals surface area contributed by atoms with Gasteiger partial charge in [0.1, 0.15) is 0 Å². The Morgan fingerprint density at radius 1 is 1.14 bits per heavy atom. The topological polar surface area (TPSA) is 68.1 Å². The molecule has 2 aromatic carbocycles. The Hall–Kier alpha value is -3.32. The molecular formula is C22H20N4O2S. The van der Waals surface area contributed by atoms with Gasteiger partial charge in [0.05, 0.1) is 35.2 Å². The number of rotatable bonds is 5. The quantitative estimate of drug-likeness (QED) is 0.501. The molecule has 4 aromatic rings. The minimum absolute atomic E-state index is 0.101. The zero-order valence-electron chi connectivity index (χ0n) is 16.2. The van der Waals surface area contributed by atoms with Crippen molar-refractivity contribution in [2.45, 2.75) is 26.8 Å². The lowest BCUT2D eigenvalue weighted by molar-refractivity contribution is -0.115. The number of carbonyl (C=O) groups is 1. The van der Waals surface area contributed by atoms with E-state index in [1.807, 2.05) is 47.8 Å². The molecule has 2 aromatic heterocycles. The van der Waals surface area contributed by atoms with Crippen LogP contribution in [-0.4, -0.2) is 20.4 Å². The molecule has 0 aliphatic carbocycles. The van der Waals surface area contributed by atoms with Crippen LogP contribution in [0.4, 0.5) is 10.8 Å². The largest absolute Gasteiger partial charge is 0.293 e. The normalized spacial score (nSPS) is 11.0. The fourth-order valence-electron chi connectivity index (χ4n) is 3.30. The number of anilines is 2. The Kier molecular flexibility index (Phi) is 5.22. The first-order chi connectivity index (χ1) is 14.1. The van der Waals surface area contributed by atoms with Crippen LogP contribution in [0.1, 0.15) is 25.1 Å². The van der Waals surface area contributed by atoms with E-state index in [0.29, 0.717) is 28.3 Å². The third-order valence-electron chi connectivity index (χ3n) is 4.72. The van der Waals surface area contributed by atoms with Gasteiger partial charge in [-0.3, -0.25) is 19.1 Å². The number of para-hydroxylation sites is 2. The van der Waals surface area contributed by atoms with Gasteiger partial charge < -0.3 is 0 Å². The summed E-state index contributed by atoms with van der Waals surface area (Å²) in [5.74, 6) is -0.101. The second-order valence-electron chi connectivity index (χ2n) is 6.65. The maximum Gasteiger partial charge on any atom is 0.261 e. The molecule has 0 atom stereocenters. The highest BCUT2D eigenvalue weighted by molar-refractivity contribution is 7.14. The molecule has 0 bridgehead atoms. The van der Waals surface area contributed by atoms with Crippen molar-refractivity contribution >= 4 is 39.0 Å². The maximum atomic E-state index is 12.7. The van der Waals surface area contributed by atoms with Crippen molar-refractivity contribution in [1.29, 1.82) is 0 Å². The lowest BCUT2D eigenvalue weighted by atomic mass is 10.1. The average molecular weight is 404 g/mol. The summed E-state index contributed by atoms with van der Waals surface area (Å²) in [6.07, 6.45) is 2.36. The molecule has 6 nitrogen and oxygen atoms in total. The Balaban J connectivity index is 1.68. The Labute approximate surface area is 172 Å². The second-order valence-corrected chi connectivity index (χ2v) is 7.49. The van der Waals surface area contributed by atoms with Crippen molar-refractivity contribution in [3.05, 3.63) is 81.8 Å². The molecule has 0 radical (unpaired) electrons. The predicted molar refractivity (Wildman–Crippen MR) is 116 cm³/mol. The van der Waals surface area contributed by atoms with Crippen molar-refractivity contribution in [2.75, 3.05) is 4.90 Å². The van der Waals surface area contributed by atoms with E-state index < -0.39 is 0 Å². The van der Waals surface area contributed by atoms with Crippen molar-refractivity contribution < 1.29 is 4.79 Å². The predicted octanol–water partition coefficient (Wildman–Crippen LogP) is 4.15. The van der Waals surface area contributed by atoms with E-state index in [4.69, 9.17) is 0 Å². The van der Waals surface area contributed by atoms with Gasteiger partial charge in [-0.2, -0.15) is 0 Å². The van der Waals surface area contributed by atoms with Crippen LogP contribution in [0.2, 0.25) is 0 Å². The Morgan fingerprint density at radius 2 is 1.90 bits per heavy atom. The fraction of sp³-hybridized carbons (Fsp3) is 0.182. The van der Waals surface area contributed by atoms with E-state index in [1.165, 1.54) is 18.3 Å². The Morgan fingerprint density at radius 3 is 2.69 bits per heavy atom. The smallest absolute Gasteiger partial charge is 0.261 e. The van der Waals surface area contributed by atoms with Gasteiger partial charge in [0.2, 0.25) is 5.91 Å². The first-order valence-electron chi connectivity index (χ1n) is 9.35. The van der Waals surface area contributed by atoms with Crippen LogP contribution in [-0.2, 0) is 17.8 Å². The molecule has 0 aliphatic rings. The number of benzene rings is 2. The van der Waals surface area contributed by atoms with Crippen LogP contribution in [0.3, 0.4) is 0 Å². The molecular weight excluding hydrogens is 384 g/mol. The zero-order valence-corrected chi connectivity index (χ0v) is 17.0. The highest BCUT2D eigenvalue weighted by Crippen LogP contribution is 2.31. The molecule has 0 aliphatic heterocycles. The second kappa shape index (κ2) is 7.97. The molecule has 146 valence electrons. The van der Waals surface area contributed by atoms with Crippen molar-refractivity contribution in [2.24, 2.45) is 0 Å². The molecule has 0 N–H and O–H groups in total. The molecule has 0 spiro atoms. The van der Waals surface area contributed by atoms with Crippen LogP contribution in [0, 0.1) is 0 Å². The number of amides is 1. The minimum Gasteiger partial charge on any atom is -0.293 e. The van der Waals surface area contributed by atoms with Crippen molar-refractivity contribution in [3.8, 4) is 0 Å². The average Bonchev–Trinajstić information content (AvgIpc) is 3.18. The zero-order chi connectivity index (χ0) is 20.4. The van der Waals surface area contributed by atoms with Crippen LogP contribution in [0.25, 0.3) is 10.9 Å². The van der Waals surface area contributed by atoms with Gasteiger partial charge in [0.15, 0.2) is 5.13 Å². The lowest BCUT2D eigenvalue weighted by Crippen LogP contribution is -2.24. The minimum atomic E-state index is -0.107. The molecule has 0 unspecified atom stereocenters. The molecule has 4 rings (SSSR count). The van der Waals surface area contributed by atoms with Gasteiger partial charge in [-0.1, -0.05) is 37.3 Å². The SMILES string of the molecule is CCc1ccccc1N(C(C)=O)c1nc(Cn2cnc3ccccc3c2=O)cs1. The molecule has 0 saturated carbocycles. The monoisotopic (exact) mass is 404 g/mol. The van der Waals surface area contributed by atoms with Gasteiger partial charge in [-0.15, -0.1) is 11.3 Å². The van der Waals surface area contributed by atoms with Gasteiger partial charge in [-0.05, 0) is 30.2 Å². The van der Waals surface area contributed by atoms with E-state index >= 15 is 0 Å². The standard InChI is InChI=1S/C22H20N4O2S/c1-3-16-8-4-7-11-20(16)26(15(2)27)22-24-17(13-29-22)12-25-14-23-19-10-6-5-9-18(19)21(25)28/h4-11,13-14H,3,12H2,1-2H3.